The summed E-state index contributed by atoms with van der Waals surface area (Å²) in [7, 11) is 7.30. The molecule has 160 valence electrons. The van der Waals surface area contributed by atoms with Crippen molar-refractivity contribution in [2.24, 2.45) is 0 Å². The Balaban J connectivity index is 1.66. The number of ether oxygens (including phenoxy) is 2. The van der Waals surface area contributed by atoms with Crippen LogP contribution in [0.15, 0.2) is 48.8 Å². The van der Waals surface area contributed by atoms with Gasteiger partial charge in [0.2, 0.25) is 0 Å². The summed E-state index contributed by atoms with van der Waals surface area (Å²) in [5, 5.41) is 0. The number of imidazole rings is 1. The quantitative estimate of drug-likeness (QED) is 0.492. The monoisotopic (exact) mass is 418 g/mol. The van der Waals surface area contributed by atoms with Crippen LogP contribution < -0.4 is 20.1 Å². The number of methoxy groups -OCH3 is 2. The number of aromatic nitrogens is 4. The van der Waals surface area contributed by atoms with Gasteiger partial charge in [0.15, 0.2) is 23.2 Å². The molecule has 8 nitrogen and oxygen atoms in total. The van der Waals surface area contributed by atoms with Crippen LogP contribution in [-0.2, 0) is 13.0 Å². The number of hydrogen-bond acceptors (Lipinski definition) is 7. The summed E-state index contributed by atoms with van der Waals surface area (Å²) in [6, 6.07) is 14.0. The number of nitrogen functional groups attached to an aromatic ring is 1. The fourth-order valence-corrected chi connectivity index (χ4v) is 3.44. The summed E-state index contributed by atoms with van der Waals surface area (Å²) in [5.74, 6) is 2.92. The van der Waals surface area contributed by atoms with E-state index < -0.39 is 0 Å². The van der Waals surface area contributed by atoms with Crippen LogP contribution in [0, 0.1) is 0 Å². The summed E-state index contributed by atoms with van der Waals surface area (Å²) in [4.78, 5) is 15.8. The minimum Gasteiger partial charge on any atom is -0.497 e. The highest BCUT2D eigenvalue weighted by Gasteiger charge is 2.21. The van der Waals surface area contributed by atoms with Crippen LogP contribution in [0.3, 0.4) is 0 Å². The minimum atomic E-state index is 0.349. The first kappa shape index (κ1) is 20.5. The first-order valence-corrected chi connectivity index (χ1v) is 9.97. The van der Waals surface area contributed by atoms with Crippen molar-refractivity contribution in [2.75, 3.05) is 38.9 Å². The maximum atomic E-state index is 6.11. The van der Waals surface area contributed by atoms with Crippen molar-refractivity contribution in [1.29, 1.82) is 0 Å². The van der Waals surface area contributed by atoms with Gasteiger partial charge in [-0.2, -0.15) is 0 Å². The summed E-state index contributed by atoms with van der Waals surface area (Å²) in [6.07, 6.45) is 2.55. The van der Waals surface area contributed by atoms with Crippen LogP contribution in [0.1, 0.15) is 5.56 Å². The lowest BCUT2D eigenvalue weighted by Gasteiger charge is -2.14. The van der Waals surface area contributed by atoms with Crippen LogP contribution in [0.25, 0.3) is 22.9 Å². The molecule has 0 saturated heterocycles. The van der Waals surface area contributed by atoms with E-state index in [2.05, 4.69) is 39.1 Å². The van der Waals surface area contributed by atoms with Crippen LogP contribution in [0.2, 0.25) is 0 Å². The third-order valence-corrected chi connectivity index (χ3v) is 5.23. The second kappa shape index (κ2) is 8.51. The van der Waals surface area contributed by atoms with Gasteiger partial charge in [-0.1, -0.05) is 12.1 Å². The number of rotatable bonds is 7. The minimum absolute atomic E-state index is 0.349. The molecule has 0 amide bonds. The van der Waals surface area contributed by atoms with E-state index in [-0.39, 0.29) is 0 Å². The van der Waals surface area contributed by atoms with Gasteiger partial charge < -0.3 is 24.7 Å². The Labute approximate surface area is 181 Å². The summed E-state index contributed by atoms with van der Waals surface area (Å²) < 4.78 is 12.8. The Bertz CT molecular complexity index is 1150. The molecule has 31 heavy (non-hydrogen) atoms. The van der Waals surface area contributed by atoms with Crippen LogP contribution >= 0.6 is 0 Å². The van der Waals surface area contributed by atoms with E-state index in [0.717, 1.165) is 12.0 Å². The lowest BCUT2D eigenvalue weighted by molar-refractivity contribution is 0.404. The number of anilines is 2. The van der Waals surface area contributed by atoms with Crippen molar-refractivity contribution in [3.05, 3.63) is 54.4 Å². The molecule has 2 aliphatic heterocycles. The van der Waals surface area contributed by atoms with Crippen molar-refractivity contribution in [1.82, 2.24) is 19.5 Å². The number of nitrogens with two attached hydrogens (primary N) is 1. The average molecular weight is 419 g/mol. The largest absolute Gasteiger partial charge is 0.497 e. The van der Waals surface area contributed by atoms with Crippen molar-refractivity contribution in [3.8, 4) is 34.4 Å². The zero-order valence-corrected chi connectivity index (χ0v) is 18.2. The molecule has 0 radical (unpaired) electrons. The Hall–Kier alpha value is -3.81. The molecular formula is C23H26N6O2. The lowest BCUT2D eigenvalue weighted by atomic mass is 10.1. The number of benzene rings is 2. The fourth-order valence-electron chi connectivity index (χ4n) is 3.44. The maximum Gasteiger partial charge on any atom is 0.166 e. The van der Waals surface area contributed by atoms with Crippen LogP contribution in [0.5, 0.6) is 11.5 Å². The fraction of sp³-hybridized carbons (Fsp3) is 0.261. The van der Waals surface area contributed by atoms with Gasteiger partial charge in [-0.05, 0) is 42.3 Å². The molecule has 0 aromatic heterocycles. The highest BCUT2D eigenvalue weighted by atomic mass is 16.5. The molecule has 2 N–H and O–H groups in total. The maximum absolute atomic E-state index is 6.11. The highest BCUT2D eigenvalue weighted by Crippen LogP contribution is 2.35. The molecule has 0 saturated carbocycles. The first-order chi connectivity index (χ1) is 15.0. The average Bonchev–Trinajstić information content (AvgIpc) is 3.25. The number of nitrogens with zero attached hydrogens (tertiary/aromatic N) is 5. The molecule has 2 aromatic carbocycles. The summed E-state index contributed by atoms with van der Waals surface area (Å²) >= 11 is 0. The Kier molecular flexibility index (Phi) is 5.62. The van der Waals surface area contributed by atoms with E-state index in [1.165, 1.54) is 11.3 Å². The zero-order valence-electron chi connectivity index (χ0n) is 18.2. The zero-order chi connectivity index (χ0) is 22.0. The standard InChI is InChI=1S/C23H26N6O2/c1-28(2)16-7-5-15(6-8-16)11-12-29-14-25-21(24)20-23(29)27-22(26-20)18-13-17(30-3)9-10-19(18)31-4/h5-10,13-14H,11-12,24H2,1-4H3. The van der Waals surface area contributed by atoms with E-state index in [1.807, 2.05) is 36.9 Å². The number of fused-ring (bicyclic) bond motifs is 1. The number of hydrogen-bond donors (Lipinski definition) is 1. The molecule has 8 heteroatoms. The van der Waals surface area contributed by atoms with E-state index in [4.69, 9.17) is 20.2 Å². The second-order valence-corrected chi connectivity index (χ2v) is 7.42. The highest BCUT2D eigenvalue weighted by molar-refractivity contribution is 5.74. The van der Waals surface area contributed by atoms with Gasteiger partial charge in [0.05, 0.1) is 26.1 Å². The second-order valence-electron chi connectivity index (χ2n) is 7.42. The van der Waals surface area contributed by atoms with E-state index >= 15 is 0 Å². The van der Waals surface area contributed by atoms with Gasteiger partial charge in [0, 0.05) is 26.3 Å². The van der Waals surface area contributed by atoms with Crippen molar-refractivity contribution < 1.29 is 9.47 Å². The first-order valence-electron chi connectivity index (χ1n) is 9.97. The molecule has 0 fully saturated rings. The normalized spacial score (nSPS) is 11.0. The van der Waals surface area contributed by atoms with E-state index in [1.54, 1.807) is 20.5 Å². The Morgan fingerprint density at radius 1 is 1.00 bits per heavy atom. The van der Waals surface area contributed by atoms with Gasteiger partial charge >= 0.3 is 0 Å². The van der Waals surface area contributed by atoms with Crippen molar-refractivity contribution in [3.63, 3.8) is 0 Å². The SMILES string of the molecule is COc1ccc(OC)c(-c2nc3c(N)ncn(CCc4ccc(N(C)C)cc4)c-3n2)c1. The lowest BCUT2D eigenvalue weighted by Crippen LogP contribution is -2.10. The molecule has 2 aromatic rings. The topological polar surface area (TPSA) is 91.3 Å². The molecule has 0 unspecified atom stereocenters. The molecular weight excluding hydrogens is 392 g/mol. The van der Waals surface area contributed by atoms with Gasteiger partial charge in [-0.15, -0.1) is 0 Å². The molecule has 0 bridgehead atoms. The molecule has 0 atom stereocenters. The Morgan fingerprint density at radius 2 is 1.77 bits per heavy atom. The van der Waals surface area contributed by atoms with Gasteiger partial charge in [-0.3, -0.25) is 0 Å². The van der Waals surface area contributed by atoms with Gasteiger partial charge in [0.25, 0.3) is 0 Å². The van der Waals surface area contributed by atoms with E-state index in [9.17, 15) is 0 Å². The molecule has 2 heterocycles. The predicted octanol–water partition coefficient (Wildman–Crippen LogP) is 3.35. The van der Waals surface area contributed by atoms with Crippen molar-refractivity contribution in [2.45, 2.75) is 13.0 Å². The van der Waals surface area contributed by atoms with Crippen molar-refractivity contribution >= 4 is 11.5 Å². The summed E-state index contributed by atoms with van der Waals surface area (Å²) in [6.45, 7) is 0.707. The third-order valence-electron chi connectivity index (χ3n) is 5.23. The Morgan fingerprint density at radius 3 is 2.45 bits per heavy atom. The third kappa shape index (κ3) is 4.09. The molecule has 4 rings (SSSR count). The number of aryl methyl sites for hydroxylation is 2. The van der Waals surface area contributed by atoms with E-state index in [0.29, 0.717) is 41.2 Å². The van der Waals surface area contributed by atoms with Crippen LogP contribution in [0.4, 0.5) is 11.5 Å². The van der Waals surface area contributed by atoms with Gasteiger partial charge in [0.1, 0.15) is 11.5 Å². The molecule has 0 spiro atoms. The smallest absolute Gasteiger partial charge is 0.166 e. The molecule has 0 aliphatic carbocycles. The summed E-state index contributed by atoms with van der Waals surface area (Å²) in [5.41, 5.74) is 9.83. The van der Waals surface area contributed by atoms with Crippen LogP contribution in [-0.4, -0.2) is 47.8 Å². The van der Waals surface area contributed by atoms with Gasteiger partial charge in [-0.25, -0.2) is 15.0 Å². The molecule has 2 aliphatic rings. The predicted molar refractivity (Wildman–Crippen MR) is 122 cm³/mol.